The molecule has 6 rings (SSSR count). The number of nitrogens with zero attached hydrogens (tertiary/aromatic N) is 5. The van der Waals surface area contributed by atoms with Crippen LogP contribution in [-0.4, -0.2) is 43.3 Å². The molecule has 0 saturated heterocycles. The Kier molecular flexibility index (Phi) is 14.5. The summed E-state index contributed by atoms with van der Waals surface area (Å²) < 4.78 is 5.16. The number of aromatic nitrogens is 5. The molecule has 0 aliphatic heterocycles. The van der Waals surface area contributed by atoms with E-state index in [0.29, 0.717) is 5.69 Å². The molecule has 0 fully saturated rings. The maximum absolute atomic E-state index is 11.3. The van der Waals surface area contributed by atoms with E-state index in [0.717, 1.165) is 39.8 Å². The van der Waals surface area contributed by atoms with Gasteiger partial charge in [0.1, 0.15) is 5.75 Å². The van der Waals surface area contributed by atoms with Crippen LogP contribution >= 0.6 is 15.9 Å². The molecule has 6 aromatic rings. The van der Waals surface area contributed by atoms with Crippen molar-refractivity contribution in [2.75, 3.05) is 17.8 Å². The van der Waals surface area contributed by atoms with Gasteiger partial charge in [0.2, 0.25) is 5.91 Å². The van der Waals surface area contributed by atoms with Crippen LogP contribution in [0.2, 0.25) is 0 Å². The van der Waals surface area contributed by atoms with Gasteiger partial charge in [0.25, 0.3) is 0 Å². The van der Waals surface area contributed by atoms with Gasteiger partial charge in [0.05, 0.1) is 35.2 Å². The van der Waals surface area contributed by atoms with E-state index in [1.807, 2.05) is 84.9 Å². The SMILES string of the molecule is COc1ccnc(-c2[c-]ccc(NC(=O)CBr)c2)c1.[Os+].c1ccc(-c2ccccn2)nc1.c1ccc(-c2ccccn2)nc1. The largest absolute Gasteiger partial charge is 1.00 e. The number of amides is 1. The molecule has 8 nitrogen and oxygen atoms in total. The summed E-state index contributed by atoms with van der Waals surface area (Å²) in [6.07, 6.45) is 8.74. The Morgan fingerprint density at radius 3 is 1.57 bits per heavy atom. The quantitative estimate of drug-likeness (QED) is 0.140. The Bertz CT molecular complexity index is 1530. The van der Waals surface area contributed by atoms with Gasteiger partial charge in [0.15, 0.2) is 0 Å². The molecule has 1 radical (unpaired) electrons. The second kappa shape index (κ2) is 18.8. The smallest absolute Gasteiger partial charge is 0.497 e. The summed E-state index contributed by atoms with van der Waals surface area (Å²) in [5, 5.41) is 3.03. The number of methoxy groups -OCH3 is 1. The second-order valence-electron chi connectivity index (χ2n) is 8.61. The molecule has 5 heterocycles. The van der Waals surface area contributed by atoms with Crippen molar-refractivity contribution in [3.05, 3.63) is 140 Å². The first-order chi connectivity index (χ1) is 21.2. The normalized spacial score (nSPS) is 9.59. The standard InChI is InChI=1S/C14H12BrN2O2.2C10H8N2.Os/c1-19-12-5-6-16-13(8-12)10-3-2-4-11(7-10)17-14(18)9-15;2*1-3-7-11-9(5-1)10-6-2-4-8-12-10;/h2,4-8H,9H2,1H3,(H,17,18);2*1-8H;/q-1;;;+1. The molecule has 221 valence electrons. The first-order valence-electron chi connectivity index (χ1n) is 13.2. The molecule has 0 unspecified atom stereocenters. The number of halogens is 1. The van der Waals surface area contributed by atoms with Crippen LogP contribution in [0.25, 0.3) is 34.0 Å². The predicted octanol–water partition coefficient (Wildman–Crippen LogP) is 7.18. The van der Waals surface area contributed by atoms with Gasteiger partial charge in [-0.15, -0.1) is 29.8 Å². The number of ether oxygens (including phenoxy) is 1. The Labute approximate surface area is 278 Å². The minimum absolute atomic E-state index is 0. The first-order valence-corrected chi connectivity index (χ1v) is 14.3. The number of alkyl halides is 1. The van der Waals surface area contributed by atoms with E-state index < -0.39 is 0 Å². The van der Waals surface area contributed by atoms with E-state index in [9.17, 15) is 4.79 Å². The molecule has 1 amide bonds. The van der Waals surface area contributed by atoms with E-state index >= 15 is 0 Å². The fraction of sp³-hybridized carbons (Fsp3) is 0.0588. The fourth-order valence-electron chi connectivity index (χ4n) is 3.63. The third-order valence-electron chi connectivity index (χ3n) is 5.63. The number of nitrogens with one attached hydrogen (secondary N) is 1. The van der Waals surface area contributed by atoms with E-state index in [2.05, 4.69) is 52.2 Å². The van der Waals surface area contributed by atoms with Gasteiger partial charge in [-0.2, -0.15) is 0 Å². The summed E-state index contributed by atoms with van der Waals surface area (Å²) >= 11 is 3.11. The molecule has 1 N–H and O–H groups in total. The van der Waals surface area contributed by atoms with Crippen LogP contribution in [0.1, 0.15) is 0 Å². The predicted molar refractivity (Wildman–Crippen MR) is 172 cm³/mol. The third-order valence-corrected chi connectivity index (χ3v) is 6.14. The molecule has 0 aliphatic carbocycles. The Morgan fingerprint density at radius 2 is 1.16 bits per heavy atom. The zero-order chi connectivity index (χ0) is 30.1. The van der Waals surface area contributed by atoms with Crippen LogP contribution in [0.15, 0.2) is 134 Å². The number of carbonyl (C=O) groups is 1. The van der Waals surface area contributed by atoms with Crippen LogP contribution in [0, 0.1) is 6.07 Å². The summed E-state index contributed by atoms with van der Waals surface area (Å²) in [6, 6.07) is 35.2. The Morgan fingerprint density at radius 1 is 0.682 bits per heavy atom. The van der Waals surface area contributed by atoms with Crippen molar-refractivity contribution in [2.45, 2.75) is 0 Å². The number of carbonyl (C=O) groups excluding carboxylic acids is 1. The monoisotopic (exact) mass is 823 g/mol. The van der Waals surface area contributed by atoms with Crippen LogP contribution in [-0.2, 0) is 24.6 Å². The number of hydrogen-bond acceptors (Lipinski definition) is 7. The van der Waals surface area contributed by atoms with E-state index in [4.69, 9.17) is 4.74 Å². The van der Waals surface area contributed by atoms with Crippen molar-refractivity contribution in [2.24, 2.45) is 0 Å². The van der Waals surface area contributed by atoms with Gasteiger partial charge < -0.3 is 15.0 Å². The fourth-order valence-corrected chi connectivity index (χ4v) is 3.77. The van der Waals surface area contributed by atoms with Crippen molar-refractivity contribution in [1.29, 1.82) is 0 Å². The van der Waals surface area contributed by atoms with Gasteiger partial charge in [-0.3, -0.25) is 24.7 Å². The van der Waals surface area contributed by atoms with Gasteiger partial charge >= 0.3 is 19.8 Å². The molecule has 0 aliphatic rings. The van der Waals surface area contributed by atoms with E-state index in [1.54, 1.807) is 56.3 Å². The van der Waals surface area contributed by atoms with Gasteiger partial charge in [0, 0.05) is 31.0 Å². The van der Waals surface area contributed by atoms with E-state index in [-0.39, 0.29) is 31.0 Å². The molecule has 10 heteroatoms. The number of hydrogen-bond donors (Lipinski definition) is 1. The third kappa shape index (κ3) is 10.9. The van der Waals surface area contributed by atoms with Crippen LogP contribution in [0.3, 0.4) is 0 Å². The van der Waals surface area contributed by atoms with Crippen molar-refractivity contribution in [3.8, 4) is 39.8 Å². The molecule has 44 heavy (non-hydrogen) atoms. The van der Waals surface area contributed by atoms with Gasteiger partial charge in [-0.05, 0) is 72.0 Å². The zero-order valence-electron chi connectivity index (χ0n) is 23.7. The summed E-state index contributed by atoms with van der Waals surface area (Å²) in [7, 11) is 1.61. The molecular weight excluding hydrogens is 795 g/mol. The average Bonchev–Trinajstić information content (AvgIpc) is 3.10. The maximum atomic E-state index is 11.3. The topological polar surface area (TPSA) is 103 Å². The van der Waals surface area contributed by atoms with Gasteiger partial charge in [-0.25, -0.2) is 0 Å². The van der Waals surface area contributed by atoms with Crippen molar-refractivity contribution in [3.63, 3.8) is 0 Å². The second-order valence-corrected chi connectivity index (χ2v) is 9.17. The summed E-state index contributed by atoms with van der Waals surface area (Å²) in [6.45, 7) is 0. The summed E-state index contributed by atoms with van der Waals surface area (Å²) in [5.41, 5.74) is 5.91. The van der Waals surface area contributed by atoms with Crippen LogP contribution < -0.4 is 10.1 Å². The molecule has 0 bridgehead atoms. The minimum Gasteiger partial charge on any atom is -0.497 e. The number of anilines is 1. The maximum Gasteiger partial charge on any atom is 1.00 e. The van der Waals surface area contributed by atoms with Crippen LogP contribution in [0.4, 0.5) is 5.69 Å². The molecular formula is C34H28BrN6O2Os. The van der Waals surface area contributed by atoms with E-state index in [1.165, 1.54) is 0 Å². The number of pyridine rings is 5. The molecule has 1 aromatic carbocycles. The zero-order valence-corrected chi connectivity index (χ0v) is 27.8. The number of rotatable bonds is 6. The van der Waals surface area contributed by atoms with Gasteiger partial charge in [-0.1, -0.05) is 40.2 Å². The molecule has 0 spiro atoms. The summed E-state index contributed by atoms with van der Waals surface area (Å²) in [5.74, 6) is 0.629. The van der Waals surface area contributed by atoms with Crippen molar-refractivity contribution >= 4 is 27.5 Å². The van der Waals surface area contributed by atoms with Crippen molar-refractivity contribution < 1.29 is 29.3 Å². The molecule has 0 saturated carbocycles. The molecule has 5 aromatic heterocycles. The Balaban J connectivity index is 0.000000185. The summed E-state index contributed by atoms with van der Waals surface area (Å²) in [4.78, 5) is 32.3. The average molecular weight is 823 g/mol. The van der Waals surface area contributed by atoms with Crippen molar-refractivity contribution in [1.82, 2.24) is 24.9 Å². The van der Waals surface area contributed by atoms with Crippen LogP contribution in [0.5, 0.6) is 5.75 Å². The number of benzene rings is 1. The Hall–Kier alpha value is -4.64. The first kappa shape index (κ1) is 33.9. The molecule has 0 atom stereocenters. The minimum atomic E-state index is -0.101.